The fourth-order valence-electron chi connectivity index (χ4n) is 1.62. The lowest BCUT2D eigenvalue weighted by Gasteiger charge is -2.28. The van der Waals surface area contributed by atoms with Gasteiger partial charge in [0.1, 0.15) is 5.69 Å². The summed E-state index contributed by atoms with van der Waals surface area (Å²) in [6.07, 6.45) is 1.68. The van der Waals surface area contributed by atoms with Crippen LogP contribution < -0.4 is 10.2 Å². The number of morpholine rings is 1. The number of ether oxygens (including phenoxy) is 1. The molecule has 1 aliphatic heterocycles. The Morgan fingerprint density at radius 1 is 1.60 bits per heavy atom. The Labute approximate surface area is 87.6 Å². The molecule has 1 amide bonds. The van der Waals surface area contributed by atoms with Gasteiger partial charge in [-0.1, -0.05) is 0 Å². The SMILES string of the molecule is CNC(=O)c1[nH]ncc1N1CCOCC1. The summed E-state index contributed by atoms with van der Waals surface area (Å²) in [5.41, 5.74) is 1.36. The van der Waals surface area contributed by atoms with E-state index in [0.29, 0.717) is 18.9 Å². The first-order valence-corrected chi connectivity index (χ1v) is 4.91. The molecular formula is C9H14N4O2. The quantitative estimate of drug-likeness (QED) is 0.697. The van der Waals surface area contributed by atoms with Crippen LogP contribution in [0.1, 0.15) is 10.5 Å². The average Bonchev–Trinajstić information content (AvgIpc) is 2.78. The molecule has 82 valence electrons. The number of rotatable bonds is 2. The average molecular weight is 210 g/mol. The molecule has 1 aromatic heterocycles. The minimum absolute atomic E-state index is 0.144. The van der Waals surface area contributed by atoms with Gasteiger partial charge < -0.3 is 15.0 Å². The van der Waals surface area contributed by atoms with Gasteiger partial charge in [0.15, 0.2) is 0 Å². The molecular weight excluding hydrogens is 196 g/mol. The van der Waals surface area contributed by atoms with E-state index in [0.717, 1.165) is 18.8 Å². The van der Waals surface area contributed by atoms with Gasteiger partial charge in [-0.25, -0.2) is 0 Å². The molecule has 0 radical (unpaired) electrons. The minimum atomic E-state index is -0.144. The van der Waals surface area contributed by atoms with Crippen LogP contribution in [0, 0.1) is 0 Å². The van der Waals surface area contributed by atoms with Gasteiger partial charge in [0.05, 0.1) is 25.1 Å². The van der Waals surface area contributed by atoms with Crippen LogP contribution in [0.25, 0.3) is 0 Å². The van der Waals surface area contributed by atoms with E-state index in [2.05, 4.69) is 20.4 Å². The highest BCUT2D eigenvalue weighted by Gasteiger charge is 2.19. The van der Waals surface area contributed by atoms with Crippen LogP contribution in [0.2, 0.25) is 0 Å². The van der Waals surface area contributed by atoms with Crippen LogP contribution >= 0.6 is 0 Å². The molecule has 6 heteroatoms. The molecule has 0 aromatic carbocycles. The van der Waals surface area contributed by atoms with Crippen LogP contribution in [-0.4, -0.2) is 49.5 Å². The van der Waals surface area contributed by atoms with Crippen molar-refractivity contribution in [1.29, 1.82) is 0 Å². The Hall–Kier alpha value is -1.56. The number of amides is 1. The van der Waals surface area contributed by atoms with Gasteiger partial charge in [-0.3, -0.25) is 9.89 Å². The number of carbonyl (C=O) groups excluding carboxylic acids is 1. The molecule has 2 rings (SSSR count). The number of carbonyl (C=O) groups is 1. The van der Waals surface area contributed by atoms with Crippen LogP contribution in [0.15, 0.2) is 6.20 Å². The van der Waals surface area contributed by atoms with Crippen LogP contribution in [0.4, 0.5) is 5.69 Å². The fourth-order valence-corrected chi connectivity index (χ4v) is 1.62. The van der Waals surface area contributed by atoms with Crippen molar-refractivity contribution in [2.75, 3.05) is 38.3 Å². The van der Waals surface area contributed by atoms with Crippen molar-refractivity contribution in [1.82, 2.24) is 15.5 Å². The Bertz CT molecular complexity index is 344. The molecule has 0 unspecified atom stereocenters. The van der Waals surface area contributed by atoms with Crippen LogP contribution in [0.5, 0.6) is 0 Å². The zero-order valence-electron chi connectivity index (χ0n) is 8.62. The summed E-state index contributed by atoms with van der Waals surface area (Å²) in [6, 6.07) is 0. The maximum Gasteiger partial charge on any atom is 0.271 e. The van der Waals surface area contributed by atoms with E-state index < -0.39 is 0 Å². The third kappa shape index (κ3) is 1.94. The molecule has 1 fully saturated rings. The van der Waals surface area contributed by atoms with Crippen LogP contribution in [-0.2, 0) is 4.74 Å². The predicted octanol–water partition coefficient (Wildman–Crippen LogP) is -0.394. The Kier molecular flexibility index (Phi) is 2.86. The highest BCUT2D eigenvalue weighted by molar-refractivity contribution is 5.97. The zero-order chi connectivity index (χ0) is 10.7. The van der Waals surface area contributed by atoms with Gasteiger partial charge in [-0.15, -0.1) is 0 Å². The lowest BCUT2D eigenvalue weighted by molar-refractivity contribution is 0.0956. The number of hydrogen-bond acceptors (Lipinski definition) is 4. The lowest BCUT2D eigenvalue weighted by Crippen LogP contribution is -2.37. The number of aromatic nitrogens is 2. The van der Waals surface area contributed by atoms with Crippen molar-refractivity contribution in [2.24, 2.45) is 0 Å². The zero-order valence-corrected chi connectivity index (χ0v) is 8.62. The second-order valence-corrected chi connectivity index (χ2v) is 3.31. The Morgan fingerprint density at radius 3 is 3.00 bits per heavy atom. The van der Waals surface area contributed by atoms with Crippen LogP contribution in [0.3, 0.4) is 0 Å². The largest absolute Gasteiger partial charge is 0.378 e. The summed E-state index contributed by atoms with van der Waals surface area (Å²) >= 11 is 0. The molecule has 0 saturated carbocycles. The summed E-state index contributed by atoms with van der Waals surface area (Å²) in [5, 5.41) is 9.19. The Morgan fingerprint density at radius 2 is 2.33 bits per heavy atom. The number of aromatic amines is 1. The standard InChI is InChI=1S/C9H14N4O2/c1-10-9(14)8-7(6-11-12-8)13-2-4-15-5-3-13/h6H,2-5H2,1H3,(H,10,14)(H,11,12). The number of nitrogens with zero attached hydrogens (tertiary/aromatic N) is 2. The molecule has 6 nitrogen and oxygen atoms in total. The summed E-state index contributed by atoms with van der Waals surface area (Å²) in [5.74, 6) is -0.144. The first-order chi connectivity index (χ1) is 7.33. The number of H-pyrrole nitrogens is 1. The van der Waals surface area contributed by atoms with E-state index >= 15 is 0 Å². The van der Waals surface area contributed by atoms with Gasteiger partial charge in [0, 0.05) is 20.1 Å². The molecule has 2 heterocycles. The third-order valence-corrected chi connectivity index (χ3v) is 2.43. The van der Waals surface area contributed by atoms with Gasteiger partial charge >= 0.3 is 0 Å². The normalized spacial score (nSPS) is 16.5. The molecule has 1 aromatic rings. The van der Waals surface area contributed by atoms with Gasteiger partial charge in [0.2, 0.25) is 0 Å². The second-order valence-electron chi connectivity index (χ2n) is 3.31. The van der Waals surface area contributed by atoms with E-state index in [1.807, 2.05) is 0 Å². The molecule has 0 aliphatic carbocycles. The summed E-state index contributed by atoms with van der Waals surface area (Å²) in [4.78, 5) is 13.6. The second kappa shape index (κ2) is 4.31. The molecule has 15 heavy (non-hydrogen) atoms. The maximum absolute atomic E-state index is 11.5. The topological polar surface area (TPSA) is 70.2 Å². The number of hydrogen-bond donors (Lipinski definition) is 2. The molecule has 1 aliphatic rings. The van der Waals surface area contributed by atoms with Crippen molar-refractivity contribution >= 4 is 11.6 Å². The highest BCUT2D eigenvalue weighted by Crippen LogP contribution is 2.18. The first-order valence-electron chi connectivity index (χ1n) is 4.91. The fraction of sp³-hybridized carbons (Fsp3) is 0.556. The molecule has 2 N–H and O–H groups in total. The summed E-state index contributed by atoms with van der Waals surface area (Å²) in [7, 11) is 1.60. The molecule has 0 spiro atoms. The predicted molar refractivity (Wildman–Crippen MR) is 55.0 cm³/mol. The monoisotopic (exact) mass is 210 g/mol. The van der Waals surface area contributed by atoms with E-state index in [9.17, 15) is 4.79 Å². The number of nitrogens with one attached hydrogen (secondary N) is 2. The maximum atomic E-state index is 11.5. The van der Waals surface area contributed by atoms with Crippen molar-refractivity contribution in [2.45, 2.75) is 0 Å². The van der Waals surface area contributed by atoms with Crippen molar-refractivity contribution in [3.63, 3.8) is 0 Å². The van der Waals surface area contributed by atoms with E-state index in [1.165, 1.54) is 0 Å². The Balaban J connectivity index is 2.19. The summed E-state index contributed by atoms with van der Waals surface area (Å²) < 4.78 is 5.25. The highest BCUT2D eigenvalue weighted by atomic mass is 16.5. The summed E-state index contributed by atoms with van der Waals surface area (Å²) in [6.45, 7) is 2.98. The van der Waals surface area contributed by atoms with E-state index in [-0.39, 0.29) is 5.91 Å². The molecule has 1 saturated heterocycles. The third-order valence-electron chi connectivity index (χ3n) is 2.43. The first kappa shape index (κ1) is 9.97. The van der Waals surface area contributed by atoms with E-state index in [4.69, 9.17) is 4.74 Å². The van der Waals surface area contributed by atoms with Crippen molar-refractivity contribution in [3.8, 4) is 0 Å². The van der Waals surface area contributed by atoms with Gasteiger partial charge in [0.25, 0.3) is 5.91 Å². The van der Waals surface area contributed by atoms with Crippen molar-refractivity contribution < 1.29 is 9.53 Å². The molecule has 0 bridgehead atoms. The lowest BCUT2D eigenvalue weighted by atomic mass is 10.3. The van der Waals surface area contributed by atoms with Gasteiger partial charge in [-0.05, 0) is 0 Å². The van der Waals surface area contributed by atoms with E-state index in [1.54, 1.807) is 13.2 Å². The van der Waals surface area contributed by atoms with Crippen molar-refractivity contribution in [3.05, 3.63) is 11.9 Å². The smallest absolute Gasteiger partial charge is 0.271 e. The molecule has 0 atom stereocenters. The number of anilines is 1. The minimum Gasteiger partial charge on any atom is -0.378 e. The van der Waals surface area contributed by atoms with Gasteiger partial charge in [-0.2, -0.15) is 5.10 Å².